The molecule has 1 unspecified atom stereocenters. The lowest BCUT2D eigenvalue weighted by molar-refractivity contribution is -0.0498. The quantitative estimate of drug-likeness (QED) is 0.881. The zero-order valence-corrected chi connectivity index (χ0v) is 12.3. The molecule has 0 spiro atoms. The van der Waals surface area contributed by atoms with Crippen LogP contribution in [-0.4, -0.2) is 11.7 Å². The molecule has 0 aliphatic carbocycles. The monoisotopic (exact) mass is 348 g/mol. The highest BCUT2D eigenvalue weighted by Crippen LogP contribution is 2.34. The van der Waals surface area contributed by atoms with E-state index in [4.69, 9.17) is 0 Å². The molecule has 1 heterocycles. The Morgan fingerprint density at radius 2 is 1.89 bits per heavy atom. The van der Waals surface area contributed by atoms with E-state index >= 15 is 0 Å². The molecule has 0 aliphatic heterocycles. The van der Waals surface area contributed by atoms with Gasteiger partial charge in [-0.15, -0.1) is 11.3 Å². The second kappa shape index (κ2) is 5.98. The summed E-state index contributed by atoms with van der Waals surface area (Å²) in [6, 6.07) is 7.85. The number of benzene rings is 1. The fraction of sp³-hybridized carbons (Fsp3) is 0.231. The van der Waals surface area contributed by atoms with Gasteiger partial charge in [-0.05, 0) is 52.2 Å². The number of aliphatic hydroxyl groups is 1. The lowest BCUT2D eigenvalue weighted by Crippen LogP contribution is -2.03. The van der Waals surface area contributed by atoms with Crippen LogP contribution < -0.4 is 4.74 Å². The van der Waals surface area contributed by atoms with Crippen LogP contribution in [0, 0.1) is 6.92 Å². The molecule has 0 saturated heterocycles. The fourth-order valence-corrected chi connectivity index (χ4v) is 3.48. The van der Waals surface area contributed by atoms with E-state index < -0.39 is 12.7 Å². The minimum Gasteiger partial charge on any atom is -0.435 e. The largest absolute Gasteiger partial charge is 0.435 e. The third kappa shape index (κ3) is 3.52. The van der Waals surface area contributed by atoms with Crippen molar-refractivity contribution in [1.29, 1.82) is 0 Å². The number of alkyl halides is 2. The van der Waals surface area contributed by atoms with Crippen molar-refractivity contribution in [3.63, 3.8) is 0 Å². The zero-order chi connectivity index (χ0) is 14.0. The number of ether oxygens (including phenoxy) is 1. The number of hydrogen-bond acceptors (Lipinski definition) is 3. The van der Waals surface area contributed by atoms with Crippen LogP contribution in [0.5, 0.6) is 5.75 Å². The van der Waals surface area contributed by atoms with Gasteiger partial charge in [0.1, 0.15) is 11.9 Å². The van der Waals surface area contributed by atoms with Gasteiger partial charge in [-0.2, -0.15) is 8.78 Å². The smallest absolute Gasteiger partial charge is 0.387 e. The highest BCUT2D eigenvalue weighted by Gasteiger charge is 2.16. The lowest BCUT2D eigenvalue weighted by atomic mass is 10.0. The number of aliphatic hydroxyl groups excluding tert-OH is 1. The second-order valence-corrected chi connectivity index (χ2v) is 6.55. The van der Waals surface area contributed by atoms with E-state index in [0.29, 0.717) is 5.56 Å². The number of rotatable bonds is 4. The molecule has 6 heteroatoms. The Morgan fingerprint density at radius 1 is 1.26 bits per heavy atom. The number of aryl methyl sites for hydroxylation is 1. The molecule has 0 radical (unpaired) electrons. The highest BCUT2D eigenvalue weighted by atomic mass is 79.9. The van der Waals surface area contributed by atoms with E-state index in [1.165, 1.54) is 23.5 Å². The van der Waals surface area contributed by atoms with Gasteiger partial charge in [0.05, 0.1) is 3.79 Å². The summed E-state index contributed by atoms with van der Waals surface area (Å²) in [6.45, 7) is -0.923. The third-order valence-electron chi connectivity index (χ3n) is 2.64. The molecule has 19 heavy (non-hydrogen) atoms. The Hall–Kier alpha value is -0.980. The molecule has 1 atom stereocenters. The van der Waals surface area contributed by atoms with Crippen LogP contribution in [0.15, 0.2) is 34.1 Å². The van der Waals surface area contributed by atoms with Crippen molar-refractivity contribution in [1.82, 2.24) is 0 Å². The molecule has 0 saturated carbocycles. The van der Waals surface area contributed by atoms with E-state index in [2.05, 4.69) is 20.7 Å². The Bertz CT molecular complexity index is 554. The predicted octanol–water partition coefficient (Wildman–Crippen LogP) is 4.50. The van der Waals surface area contributed by atoms with Gasteiger partial charge < -0.3 is 9.84 Å². The first-order chi connectivity index (χ1) is 8.97. The lowest BCUT2D eigenvalue weighted by Gasteiger charge is -2.12. The van der Waals surface area contributed by atoms with Crippen molar-refractivity contribution >= 4 is 27.3 Å². The van der Waals surface area contributed by atoms with Gasteiger partial charge in [0.15, 0.2) is 0 Å². The Kier molecular flexibility index (Phi) is 4.54. The normalized spacial score (nSPS) is 12.7. The van der Waals surface area contributed by atoms with E-state index in [1.54, 1.807) is 12.1 Å². The summed E-state index contributed by atoms with van der Waals surface area (Å²) in [5.74, 6) is 0.0779. The number of hydrogen-bond donors (Lipinski definition) is 1. The first kappa shape index (κ1) is 14.4. The van der Waals surface area contributed by atoms with Gasteiger partial charge in [-0.3, -0.25) is 0 Å². The van der Waals surface area contributed by atoms with E-state index in [9.17, 15) is 13.9 Å². The van der Waals surface area contributed by atoms with Gasteiger partial charge in [0, 0.05) is 4.88 Å². The molecular weight excluding hydrogens is 338 g/mol. The average Bonchev–Trinajstić information content (AvgIpc) is 2.68. The van der Waals surface area contributed by atoms with Crippen LogP contribution in [0.2, 0.25) is 0 Å². The summed E-state index contributed by atoms with van der Waals surface area (Å²) in [4.78, 5) is 1.01. The Labute approximate surface area is 121 Å². The van der Waals surface area contributed by atoms with Crippen LogP contribution in [0.25, 0.3) is 0 Å². The molecule has 2 rings (SSSR count). The Morgan fingerprint density at radius 3 is 2.37 bits per heavy atom. The maximum absolute atomic E-state index is 12.0. The van der Waals surface area contributed by atoms with Gasteiger partial charge in [0.25, 0.3) is 0 Å². The fourth-order valence-electron chi connectivity index (χ4n) is 1.74. The van der Waals surface area contributed by atoms with Crippen LogP contribution >= 0.6 is 27.3 Å². The maximum atomic E-state index is 12.0. The first-order valence-electron chi connectivity index (χ1n) is 5.46. The topological polar surface area (TPSA) is 29.5 Å². The minimum absolute atomic E-state index is 0.0779. The summed E-state index contributed by atoms with van der Waals surface area (Å²) >= 11 is 4.90. The molecule has 0 fully saturated rings. The Balaban J connectivity index is 2.20. The SMILES string of the molecule is Cc1sc(Br)cc1C(O)c1ccc(OC(F)F)cc1. The van der Waals surface area contributed by atoms with Crippen molar-refractivity contribution < 1.29 is 18.6 Å². The molecule has 2 nitrogen and oxygen atoms in total. The molecular formula is C13H11BrF2O2S. The molecule has 102 valence electrons. The standard InChI is InChI=1S/C13H11BrF2O2S/c1-7-10(6-11(14)19-7)12(17)8-2-4-9(5-3-8)18-13(15)16/h2-6,12-13,17H,1H3. The molecule has 1 N–H and O–H groups in total. The zero-order valence-electron chi connectivity index (χ0n) is 9.94. The average molecular weight is 349 g/mol. The van der Waals surface area contributed by atoms with Crippen LogP contribution in [0.3, 0.4) is 0 Å². The van der Waals surface area contributed by atoms with Crippen LogP contribution in [0.1, 0.15) is 22.1 Å². The first-order valence-corrected chi connectivity index (χ1v) is 7.07. The summed E-state index contributed by atoms with van der Waals surface area (Å²) in [5, 5.41) is 10.3. The van der Waals surface area contributed by atoms with Crippen molar-refractivity contribution in [2.45, 2.75) is 19.6 Å². The molecule has 1 aromatic carbocycles. The van der Waals surface area contributed by atoms with Crippen LogP contribution in [0.4, 0.5) is 8.78 Å². The summed E-state index contributed by atoms with van der Waals surface area (Å²) in [7, 11) is 0. The summed E-state index contributed by atoms with van der Waals surface area (Å²) in [6.07, 6.45) is -0.775. The summed E-state index contributed by atoms with van der Waals surface area (Å²) < 4.78 is 29.3. The van der Waals surface area contributed by atoms with Crippen molar-refractivity contribution in [3.05, 3.63) is 50.1 Å². The highest BCUT2D eigenvalue weighted by molar-refractivity contribution is 9.11. The molecule has 1 aromatic heterocycles. The maximum Gasteiger partial charge on any atom is 0.387 e. The van der Waals surface area contributed by atoms with Crippen molar-refractivity contribution in [2.75, 3.05) is 0 Å². The molecule has 2 aromatic rings. The van der Waals surface area contributed by atoms with E-state index in [0.717, 1.165) is 14.2 Å². The molecule has 0 amide bonds. The minimum atomic E-state index is -2.84. The van der Waals surface area contributed by atoms with Crippen molar-refractivity contribution in [3.8, 4) is 5.75 Å². The van der Waals surface area contributed by atoms with Gasteiger partial charge in [-0.25, -0.2) is 0 Å². The van der Waals surface area contributed by atoms with Gasteiger partial charge in [-0.1, -0.05) is 12.1 Å². The molecule has 0 aliphatic rings. The number of halogens is 3. The second-order valence-electron chi connectivity index (χ2n) is 3.91. The number of thiophene rings is 1. The summed E-state index contributed by atoms with van der Waals surface area (Å²) in [5.41, 5.74) is 1.44. The molecule has 0 bridgehead atoms. The van der Waals surface area contributed by atoms with Gasteiger partial charge in [0.2, 0.25) is 0 Å². The van der Waals surface area contributed by atoms with Gasteiger partial charge >= 0.3 is 6.61 Å². The van der Waals surface area contributed by atoms with E-state index in [1.807, 2.05) is 13.0 Å². The van der Waals surface area contributed by atoms with Crippen LogP contribution in [-0.2, 0) is 0 Å². The van der Waals surface area contributed by atoms with Crippen molar-refractivity contribution in [2.24, 2.45) is 0 Å². The van der Waals surface area contributed by atoms with E-state index in [-0.39, 0.29) is 5.75 Å². The predicted molar refractivity (Wildman–Crippen MR) is 73.9 cm³/mol. The third-order valence-corrected chi connectivity index (χ3v) is 4.21.